The Bertz CT molecular complexity index is 1170. The van der Waals surface area contributed by atoms with Gasteiger partial charge < -0.3 is 14.8 Å². The number of benzene rings is 3. The summed E-state index contributed by atoms with van der Waals surface area (Å²) in [6, 6.07) is 26.2. The molecule has 30 heavy (non-hydrogen) atoms. The third-order valence-electron chi connectivity index (χ3n) is 4.69. The molecule has 0 saturated heterocycles. The molecule has 150 valence electrons. The van der Waals surface area contributed by atoms with Gasteiger partial charge in [-0.1, -0.05) is 42.5 Å². The van der Waals surface area contributed by atoms with Crippen LogP contribution in [-0.2, 0) is 0 Å². The molecule has 4 aromatic rings. The molecular formula is C24H21N3O3. The first-order valence-electron chi connectivity index (χ1n) is 9.44. The molecule has 0 aliphatic carbocycles. The highest BCUT2D eigenvalue weighted by molar-refractivity contribution is 6.06. The monoisotopic (exact) mass is 399 g/mol. The Labute approximate surface area is 174 Å². The maximum atomic E-state index is 13.0. The zero-order chi connectivity index (χ0) is 20.9. The zero-order valence-electron chi connectivity index (χ0n) is 16.7. The molecular weight excluding hydrogens is 378 g/mol. The highest BCUT2D eigenvalue weighted by atomic mass is 16.5. The van der Waals surface area contributed by atoms with Crippen LogP contribution < -0.4 is 14.8 Å². The molecule has 6 nitrogen and oxygen atoms in total. The highest BCUT2D eigenvalue weighted by Gasteiger charge is 2.18. The smallest absolute Gasteiger partial charge is 0.260 e. The van der Waals surface area contributed by atoms with Gasteiger partial charge in [-0.2, -0.15) is 5.10 Å². The summed E-state index contributed by atoms with van der Waals surface area (Å²) in [5.74, 6) is 1.47. The van der Waals surface area contributed by atoms with Crippen LogP contribution in [0.4, 0.5) is 5.82 Å². The normalized spacial score (nSPS) is 10.5. The van der Waals surface area contributed by atoms with Gasteiger partial charge in [0.15, 0.2) is 0 Å². The second-order valence-electron chi connectivity index (χ2n) is 6.52. The lowest BCUT2D eigenvalue weighted by Crippen LogP contribution is -2.16. The van der Waals surface area contributed by atoms with Crippen LogP contribution in [0.25, 0.3) is 16.9 Å². The molecule has 1 heterocycles. The minimum Gasteiger partial charge on any atom is -0.496 e. The van der Waals surface area contributed by atoms with E-state index in [2.05, 4.69) is 5.32 Å². The first-order valence-corrected chi connectivity index (χ1v) is 9.44. The molecule has 4 rings (SSSR count). The van der Waals surface area contributed by atoms with Crippen molar-refractivity contribution < 1.29 is 14.3 Å². The number of hydrogen-bond donors (Lipinski definition) is 1. The molecule has 0 atom stereocenters. The van der Waals surface area contributed by atoms with Gasteiger partial charge in [0.1, 0.15) is 17.3 Å². The van der Waals surface area contributed by atoms with Gasteiger partial charge in [0.25, 0.3) is 5.91 Å². The van der Waals surface area contributed by atoms with Crippen LogP contribution in [-0.4, -0.2) is 29.9 Å². The Morgan fingerprint density at radius 3 is 2.20 bits per heavy atom. The summed E-state index contributed by atoms with van der Waals surface area (Å²) in [4.78, 5) is 13.0. The first-order chi connectivity index (χ1) is 14.7. The lowest BCUT2D eigenvalue weighted by molar-refractivity contribution is 0.102. The molecule has 1 aromatic heterocycles. The minimum atomic E-state index is -0.281. The van der Waals surface area contributed by atoms with Crippen molar-refractivity contribution in [2.24, 2.45) is 0 Å². The van der Waals surface area contributed by atoms with E-state index >= 15 is 0 Å². The lowest BCUT2D eigenvalue weighted by atomic mass is 10.1. The Balaban J connectivity index is 1.78. The molecule has 0 aliphatic heterocycles. The summed E-state index contributed by atoms with van der Waals surface area (Å²) < 4.78 is 12.5. The average molecular weight is 399 g/mol. The summed E-state index contributed by atoms with van der Waals surface area (Å²) in [6.07, 6.45) is 0. The number of para-hydroxylation sites is 3. The lowest BCUT2D eigenvalue weighted by Gasteiger charge is -2.11. The number of anilines is 1. The second-order valence-corrected chi connectivity index (χ2v) is 6.52. The van der Waals surface area contributed by atoms with E-state index < -0.39 is 0 Å². The highest BCUT2D eigenvalue weighted by Crippen LogP contribution is 2.32. The van der Waals surface area contributed by atoms with E-state index in [1.54, 1.807) is 37.1 Å². The van der Waals surface area contributed by atoms with Gasteiger partial charge in [-0.05, 0) is 36.4 Å². The van der Waals surface area contributed by atoms with Crippen molar-refractivity contribution in [2.75, 3.05) is 19.5 Å². The molecule has 3 aromatic carbocycles. The number of amides is 1. The number of methoxy groups -OCH3 is 2. The third-order valence-corrected chi connectivity index (χ3v) is 4.69. The Hall–Kier alpha value is -4.06. The first kappa shape index (κ1) is 19.3. The van der Waals surface area contributed by atoms with Gasteiger partial charge in [-0.15, -0.1) is 0 Å². The largest absolute Gasteiger partial charge is 0.496 e. The molecule has 0 saturated carbocycles. The van der Waals surface area contributed by atoms with Gasteiger partial charge >= 0.3 is 0 Å². The number of carbonyl (C=O) groups is 1. The fraction of sp³-hybridized carbons (Fsp3) is 0.0833. The van der Waals surface area contributed by atoms with E-state index in [1.165, 1.54) is 0 Å². The molecule has 0 unspecified atom stereocenters. The van der Waals surface area contributed by atoms with E-state index in [0.29, 0.717) is 28.6 Å². The number of carbonyl (C=O) groups excluding carboxylic acids is 1. The topological polar surface area (TPSA) is 65.4 Å². The van der Waals surface area contributed by atoms with Crippen molar-refractivity contribution in [3.63, 3.8) is 0 Å². The fourth-order valence-electron chi connectivity index (χ4n) is 3.24. The number of ether oxygens (including phenoxy) is 2. The zero-order valence-corrected chi connectivity index (χ0v) is 16.7. The average Bonchev–Trinajstić information content (AvgIpc) is 3.23. The molecule has 0 spiro atoms. The van der Waals surface area contributed by atoms with E-state index in [0.717, 1.165) is 11.3 Å². The number of aromatic nitrogens is 2. The Morgan fingerprint density at radius 2 is 1.47 bits per heavy atom. The predicted molar refractivity (Wildman–Crippen MR) is 116 cm³/mol. The van der Waals surface area contributed by atoms with E-state index in [1.807, 2.05) is 66.7 Å². The van der Waals surface area contributed by atoms with Crippen molar-refractivity contribution >= 4 is 11.7 Å². The van der Waals surface area contributed by atoms with Crippen LogP contribution in [0.3, 0.4) is 0 Å². The van der Waals surface area contributed by atoms with Gasteiger partial charge in [-0.3, -0.25) is 4.79 Å². The van der Waals surface area contributed by atoms with Crippen LogP contribution in [0.15, 0.2) is 84.9 Å². The molecule has 0 fully saturated rings. The third kappa shape index (κ3) is 3.75. The van der Waals surface area contributed by atoms with Crippen molar-refractivity contribution in [2.45, 2.75) is 0 Å². The number of nitrogens with zero attached hydrogens (tertiary/aromatic N) is 2. The van der Waals surface area contributed by atoms with Gasteiger partial charge in [-0.25, -0.2) is 4.68 Å². The quantitative estimate of drug-likeness (QED) is 0.505. The Morgan fingerprint density at radius 1 is 0.833 bits per heavy atom. The van der Waals surface area contributed by atoms with Gasteiger partial charge in [0, 0.05) is 11.6 Å². The second kappa shape index (κ2) is 8.53. The van der Waals surface area contributed by atoms with Crippen LogP contribution in [0.5, 0.6) is 11.5 Å². The maximum absolute atomic E-state index is 13.0. The van der Waals surface area contributed by atoms with E-state index in [-0.39, 0.29) is 5.91 Å². The fourth-order valence-corrected chi connectivity index (χ4v) is 3.24. The summed E-state index contributed by atoms with van der Waals surface area (Å²) >= 11 is 0. The summed E-state index contributed by atoms with van der Waals surface area (Å²) in [5, 5.41) is 7.71. The minimum absolute atomic E-state index is 0.281. The van der Waals surface area contributed by atoms with Gasteiger partial charge in [0.2, 0.25) is 0 Å². The maximum Gasteiger partial charge on any atom is 0.260 e. The standard InChI is InChI=1S/C24H21N3O3/c1-29-21-14-8-6-12-18(21)20-16-23(27(26-20)17-10-4-3-5-11-17)25-24(28)19-13-7-9-15-22(19)30-2/h3-16H,1-2H3,(H,25,28). The summed E-state index contributed by atoms with van der Waals surface area (Å²) in [7, 11) is 3.16. The molecule has 1 N–H and O–H groups in total. The van der Waals surface area contributed by atoms with Crippen molar-refractivity contribution in [3.05, 3.63) is 90.5 Å². The molecule has 1 amide bonds. The summed E-state index contributed by atoms with van der Waals surface area (Å²) in [5.41, 5.74) is 2.79. The van der Waals surface area contributed by atoms with Gasteiger partial charge in [0.05, 0.1) is 31.2 Å². The van der Waals surface area contributed by atoms with Crippen molar-refractivity contribution in [3.8, 4) is 28.4 Å². The Kier molecular flexibility index (Phi) is 5.48. The SMILES string of the molecule is COc1ccccc1C(=O)Nc1cc(-c2ccccc2OC)nn1-c1ccccc1. The number of hydrogen-bond acceptors (Lipinski definition) is 4. The van der Waals surface area contributed by atoms with Crippen LogP contribution >= 0.6 is 0 Å². The number of rotatable bonds is 6. The predicted octanol–water partition coefficient (Wildman–Crippen LogP) is 4.81. The van der Waals surface area contributed by atoms with Crippen LogP contribution in [0.2, 0.25) is 0 Å². The molecule has 0 aliphatic rings. The van der Waals surface area contributed by atoms with Crippen molar-refractivity contribution in [1.82, 2.24) is 9.78 Å². The molecule has 0 bridgehead atoms. The van der Waals surface area contributed by atoms with Crippen LogP contribution in [0, 0.1) is 0 Å². The molecule has 0 radical (unpaired) electrons. The van der Waals surface area contributed by atoms with E-state index in [4.69, 9.17) is 14.6 Å². The van der Waals surface area contributed by atoms with E-state index in [9.17, 15) is 4.79 Å². The molecule has 6 heteroatoms. The van der Waals surface area contributed by atoms with Crippen LogP contribution in [0.1, 0.15) is 10.4 Å². The number of nitrogens with one attached hydrogen (secondary N) is 1. The van der Waals surface area contributed by atoms with Crippen molar-refractivity contribution in [1.29, 1.82) is 0 Å². The summed E-state index contributed by atoms with van der Waals surface area (Å²) in [6.45, 7) is 0.